The predicted molar refractivity (Wildman–Crippen MR) is 131 cm³/mol. The number of fused-ring (bicyclic) bond motifs is 2. The highest BCUT2D eigenvalue weighted by molar-refractivity contribution is 6.14. The first-order chi connectivity index (χ1) is 14.7. The van der Waals surface area contributed by atoms with Crippen molar-refractivity contribution in [1.29, 1.82) is 0 Å². The summed E-state index contributed by atoms with van der Waals surface area (Å²) in [5, 5.41) is 4.96. The maximum absolute atomic E-state index is 3.90. The van der Waals surface area contributed by atoms with E-state index in [1.807, 2.05) is 6.08 Å². The number of anilines is 3. The highest BCUT2D eigenvalue weighted by Gasteiger charge is 2.18. The molecule has 0 fully saturated rings. The number of hydrogen-bond acceptors (Lipinski definition) is 1. The molecule has 0 aromatic heterocycles. The Kier molecular flexibility index (Phi) is 4.57. The molecule has 0 saturated heterocycles. The highest BCUT2D eigenvalue weighted by atomic mass is 15.1. The Hall–Kier alpha value is -3.84. The van der Waals surface area contributed by atoms with E-state index >= 15 is 0 Å². The van der Waals surface area contributed by atoms with Gasteiger partial charge in [-0.2, -0.15) is 0 Å². The van der Waals surface area contributed by atoms with Gasteiger partial charge in [0.2, 0.25) is 0 Å². The summed E-state index contributed by atoms with van der Waals surface area (Å²) in [6.07, 6.45) is 1.88. The van der Waals surface area contributed by atoms with Crippen molar-refractivity contribution in [2.24, 2.45) is 0 Å². The van der Waals surface area contributed by atoms with E-state index in [1.54, 1.807) is 0 Å². The molecule has 0 atom stereocenters. The molecule has 1 heteroatoms. The number of aryl methyl sites for hydroxylation is 1. The molecule has 0 radical (unpaired) electrons. The summed E-state index contributed by atoms with van der Waals surface area (Å²) < 4.78 is 0. The topological polar surface area (TPSA) is 3.24 Å². The number of benzene rings is 5. The maximum Gasteiger partial charge on any atom is 0.0618 e. The molecule has 0 unspecified atom stereocenters. The van der Waals surface area contributed by atoms with E-state index in [-0.39, 0.29) is 0 Å². The first-order valence-electron chi connectivity index (χ1n) is 10.2. The number of hydrogen-bond donors (Lipinski definition) is 0. The molecular weight excluding hydrogens is 362 g/mol. The first-order valence-corrected chi connectivity index (χ1v) is 10.2. The van der Waals surface area contributed by atoms with Crippen molar-refractivity contribution in [3.63, 3.8) is 0 Å². The third kappa shape index (κ3) is 3.15. The summed E-state index contributed by atoms with van der Waals surface area (Å²) in [5.74, 6) is 0. The summed E-state index contributed by atoms with van der Waals surface area (Å²) in [4.78, 5) is 2.37. The molecule has 5 aromatic carbocycles. The Labute approximate surface area is 177 Å². The van der Waals surface area contributed by atoms with Crippen LogP contribution < -0.4 is 4.90 Å². The van der Waals surface area contributed by atoms with Crippen molar-refractivity contribution >= 4 is 44.7 Å². The Balaban J connectivity index is 1.87. The van der Waals surface area contributed by atoms with Crippen molar-refractivity contribution < 1.29 is 0 Å². The molecule has 1 nitrogen and oxygen atoms in total. The zero-order valence-electron chi connectivity index (χ0n) is 17.0. The molecule has 0 amide bonds. The molecule has 0 saturated carbocycles. The number of nitrogens with zero attached hydrogens (tertiary/aromatic N) is 1. The van der Waals surface area contributed by atoms with Crippen LogP contribution in [-0.4, -0.2) is 0 Å². The standard InChI is InChI=1S/C29H23N/c1-3-22-14-18-26(19-15-22)30(25-16-12-21(2)13-17-25)29-27-10-6-4-8-23(27)20-24-9-5-7-11-28(24)29/h3-20H,1H2,2H3. The van der Waals surface area contributed by atoms with Crippen LogP contribution in [0.3, 0.4) is 0 Å². The minimum Gasteiger partial charge on any atom is -0.309 e. The summed E-state index contributed by atoms with van der Waals surface area (Å²) in [6.45, 7) is 6.03. The molecular formula is C29H23N. The van der Waals surface area contributed by atoms with Gasteiger partial charge in [-0.15, -0.1) is 0 Å². The molecule has 0 aliphatic carbocycles. The van der Waals surface area contributed by atoms with Gasteiger partial charge >= 0.3 is 0 Å². The zero-order chi connectivity index (χ0) is 20.5. The van der Waals surface area contributed by atoms with Crippen molar-refractivity contribution in [1.82, 2.24) is 0 Å². The van der Waals surface area contributed by atoms with Gasteiger partial charge in [-0.05, 0) is 53.6 Å². The maximum atomic E-state index is 3.90. The third-order valence-corrected chi connectivity index (χ3v) is 5.65. The summed E-state index contributed by atoms with van der Waals surface area (Å²) >= 11 is 0. The van der Waals surface area contributed by atoms with Crippen LogP contribution in [0.15, 0.2) is 110 Å². The monoisotopic (exact) mass is 385 g/mol. The van der Waals surface area contributed by atoms with Gasteiger partial charge in [0.15, 0.2) is 0 Å². The van der Waals surface area contributed by atoms with Crippen LogP contribution in [0.5, 0.6) is 0 Å². The predicted octanol–water partition coefficient (Wildman–Crippen LogP) is 8.41. The minimum absolute atomic E-state index is 1.12. The van der Waals surface area contributed by atoms with Crippen LogP contribution in [-0.2, 0) is 0 Å². The fourth-order valence-electron chi connectivity index (χ4n) is 4.09. The molecule has 0 N–H and O–H groups in total. The van der Waals surface area contributed by atoms with Crippen LogP contribution in [0.2, 0.25) is 0 Å². The second-order valence-electron chi connectivity index (χ2n) is 7.63. The lowest BCUT2D eigenvalue weighted by Crippen LogP contribution is -2.11. The zero-order valence-corrected chi connectivity index (χ0v) is 17.0. The van der Waals surface area contributed by atoms with Crippen molar-refractivity contribution in [3.8, 4) is 0 Å². The lowest BCUT2D eigenvalue weighted by molar-refractivity contribution is 1.30. The Morgan fingerprint density at radius 3 is 1.67 bits per heavy atom. The van der Waals surface area contributed by atoms with E-state index in [0.717, 1.165) is 16.9 Å². The van der Waals surface area contributed by atoms with E-state index in [9.17, 15) is 0 Å². The summed E-state index contributed by atoms with van der Waals surface area (Å²) in [6, 6.07) is 36.9. The molecule has 144 valence electrons. The van der Waals surface area contributed by atoms with Crippen LogP contribution in [0.4, 0.5) is 17.1 Å². The van der Waals surface area contributed by atoms with Crippen LogP contribution in [0, 0.1) is 6.92 Å². The van der Waals surface area contributed by atoms with E-state index in [2.05, 4.69) is 122 Å². The molecule has 0 bridgehead atoms. The fraction of sp³-hybridized carbons (Fsp3) is 0.0345. The highest BCUT2D eigenvalue weighted by Crippen LogP contribution is 2.43. The molecule has 0 aliphatic rings. The second kappa shape index (κ2) is 7.53. The first kappa shape index (κ1) is 18.2. The average Bonchev–Trinajstić information content (AvgIpc) is 2.80. The van der Waals surface area contributed by atoms with Gasteiger partial charge in [-0.1, -0.05) is 91.0 Å². The fourth-order valence-corrected chi connectivity index (χ4v) is 4.09. The molecule has 0 aliphatic heterocycles. The van der Waals surface area contributed by atoms with Gasteiger partial charge in [0.25, 0.3) is 0 Å². The van der Waals surface area contributed by atoms with E-state index in [4.69, 9.17) is 0 Å². The van der Waals surface area contributed by atoms with Crippen molar-refractivity contribution in [2.45, 2.75) is 6.92 Å². The molecule has 5 aromatic rings. The van der Waals surface area contributed by atoms with Gasteiger partial charge in [0.1, 0.15) is 0 Å². The van der Waals surface area contributed by atoms with Crippen LogP contribution in [0.25, 0.3) is 27.6 Å². The molecule has 0 heterocycles. The normalized spacial score (nSPS) is 11.0. The Morgan fingerprint density at radius 1 is 0.633 bits per heavy atom. The third-order valence-electron chi connectivity index (χ3n) is 5.65. The average molecular weight is 386 g/mol. The molecule has 30 heavy (non-hydrogen) atoms. The van der Waals surface area contributed by atoms with E-state index in [0.29, 0.717) is 0 Å². The van der Waals surface area contributed by atoms with Crippen molar-refractivity contribution in [3.05, 3.63) is 121 Å². The van der Waals surface area contributed by atoms with Gasteiger partial charge in [-0.25, -0.2) is 0 Å². The lowest BCUT2D eigenvalue weighted by atomic mass is 9.99. The molecule has 0 spiro atoms. The van der Waals surface area contributed by atoms with Gasteiger partial charge in [0, 0.05) is 22.1 Å². The van der Waals surface area contributed by atoms with Gasteiger partial charge in [-0.3, -0.25) is 0 Å². The largest absolute Gasteiger partial charge is 0.309 e. The van der Waals surface area contributed by atoms with Crippen LogP contribution in [0.1, 0.15) is 11.1 Å². The second-order valence-corrected chi connectivity index (χ2v) is 7.63. The SMILES string of the molecule is C=Cc1ccc(N(c2ccc(C)cc2)c2c3ccccc3cc3ccccc23)cc1. The number of rotatable bonds is 4. The van der Waals surface area contributed by atoms with E-state index in [1.165, 1.54) is 32.8 Å². The van der Waals surface area contributed by atoms with Crippen LogP contribution >= 0.6 is 0 Å². The van der Waals surface area contributed by atoms with Crippen molar-refractivity contribution in [2.75, 3.05) is 4.90 Å². The van der Waals surface area contributed by atoms with E-state index < -0.39 is 0 Å². The quantitative estimate of drug-likeness (QED) is 0.281. The minimum atomic E-state index is 1.12. The van der Waals surface area contributed by atoms with Gasteiger partial charge in [0.05, 0.1) is 5.69 Å². The Morgan fingerprint density at radius 2 is 1.13 bits per heavy atom. The van der Waals surface area contributed by atoms with Gasteiger partial charge < -0.3 is 4.90 Å². The summed E-state index contributed by atoms with van der Waals surface area (Å²) in [5.41, 5.74) is 5.85. The lowest BCUT2D eigenvalue weighted by Gasteiger charge is -2.28. The smallest absolute Gasteiger partial charge is 0.0618 e. The summed E-state index contributed by atoms with van der Waals surface area (Å²) in [7, 11) is 0. The molecule has 5 rings (SSSR count). The Bertz CT molecular complexity index is 1290.